The molecule has 1 amide bonds. The van der Waals surface area contributed by atoms with Crippen molar-refractivity contribution in [1.29, 1.82) is 0 Å². The zero-order valence-electron chi connectivity index (χ0n) is 19.0. The SMILES string of the molecule is CC(NC(=O)c1nn(C2CCCCC2)c2c1CCCC2Cl)C12CC3CC(CC(C3)C1)C2. The van der Waals surface area contributed by atoms with Crippen LogP contribution in [0.3, 0.4) is 0 Å². The minimum atomic E-state index is 0.000281. The first kappa shape index (κ1) is 20.6. The van der Waals surface area contributed by atoms with E-state index in [9.17, 15) is 4.79 Å². The Morgan fingerprint density at radius 1 is 1.03 bits per heavy atom. The first-order valence-electron chi connectivity index (χ1n) is 13.1. The highest BCUT2D eigenvalue weighted by Crippen LogP contribution is 2.61. The molecule has 170 valence electrons. The Morgan fingerprint density at radius 3 is 2.32 bits per heavy atom. The molecule has 4 nitrogen and oxygen atoms in total. The topological polar surface area (TPSA) is 46.9 Å². The minimum Gasteiger partial charge on any atom is -0.348 e. The molecule has 6 aliphatic rings. The summed E-state index contributed by atoms with van der Waals surface area (Å²) in [4.78, 5) is 13.6. The Bertz CT molecular complexity index is 820. The standard InChI is InChI=1S/C26H38ClN3O/c1-16(26-13-17-10-18(14-26)12-19(11-17)15-26)28-25(31)23-21-8-5-9-22(27)24(21)30(29-23)20-6-3-2-4-7-20/h16-20,22H,2-15H2,1H3,(H,28,31). The average Bonchev–Trinajstić information content (AvgIpc) is 3.15. The van der Waals surface area contributed by atoms with Crippen molar-refractivity contribution in [1.82, 2.24) is 15.1 Å². The predicted molar refractivity (Wildman–Crippen MR) is 123 cm³/mol. The lowest BCUT2D eigenvalue weighted by molar-refractivity contribution is -0.0688. The van der Waals surface area contributed by atoms with Gasteiger partial charge in [-0.25, -0.2) is 0 Å². The second kappa shape index (κ2) is 7.78. The highest BCUT2D eigenvalue weighted by molar-refractivity contribution is 6.21. The molecule has 4 bridgehead atoms. The van der Waals surface area contributed by atoms with Crippen LogP contribution in [0, 0.1) is 23.2 Å². The van der Waals surface area contributed by atoms with E-state index in [2.05, 4.69) is 16.9 Å². The average molecular weight is 444 g/mol. The Labute approximate surface area is 191 Å². The van der Waals surface area contributed by atoms with Crippen LogP contribution in [0.4, 0.5) is 0 Å². The van der Waals surface area contributed by atoms with Crippen LogP contribution in [0.5, 0.6) is 0 Å². The first-order valence-corrected chi connectivity index (χ1v) is 13.5. The third-order valence-electron chi connectivity index (χ3n) is 9.72. The molecule has 0 aromatic carbocycles. The summed E-state index contributed by atoms with van der Waals surface area (Å²) in [6, 6.07) is 0.656. The van der Waals surface area contributed by atoms with Crippen LogP contribution in [0.2, 0.25) is 0 Å². The lowest BCUT2D eigenvalue weighted by Gasteiger charge is -2.59. The van der Waals surface area contributed by atoms with Crippen LogP contribution in [0.25, 0.3) is 0 Å². The number of carbonyl (C=O) groups excluding carboxylic acids is 1. The molecule has 6 aliphatic carbocycles. The van der Waals surface area contributed by atoms with E-state index in [1.165, 1.54) is 70.6 Å². The number of amides is 1. The molecule has 1 aromatic rings. The van der Waals surface area contributed by atoms with Crippen molar-refractivity contribution < 1.29 is 4.79 Å². The minimum absolute atomic E-state index is 0.000281. The molecule has 5 heteroatoms. The zero-order chi connectivity index (χ0) is 21.2. The number of nitrogens with one attached hydrogen (secondary N) is 1. The van der Waals surface area contributed by atoms with Crippen molar-refractivity contribution >= 4 is 17.5 Å². The molecule has 7 rings (SSSR count). The molecule has 5 fully saturated rings. The van der Waals surface area contributed by atoms with Gasteiger partial charge in [0.2, 0.25) is 0 Å². The van der Waals surface area contributed by atoms with E-state index in [0.29, 0.717) is 17.2 Å². The number of hydrogen-bond donors (Lipinski definition) is 1. The van der Waals surface area contributed by atoms with Crippen molar-refractivity contribution in [3.63, 3.8) is 0 Å². The van der Waals surface area contributed by atoms with E-state index in [0.717, 1.165) is 48.3 Å². The Balaban J connectivity index is 1.26. The second-order valence-electron chi connectivity index (χ2n) is 11.8. The Morgan fingerprint density at radius 2 is 1.68 bits per heavy atom. The van der Waals surface area contributed by atoms with Gasteiger partial charge in [0.15, 0.2) is 5.69 Å². The van der Waals surface area contributed by atoms with Crippen molar-refractivity contribution in [2.24, 2.45) is 23.2 Å². The van der Waals surface area contributed by atoms with Gasteiger partial charge < -0.3 is 5.32 Å². The molecule has 0 aliphatic heterocycles. The third kappa shape index (κ3) is 3.47. The van der Waals surface area contributed by atoms with Gasteiger partial charge in [0.25, 0.3) is 5.91 Å². The van der Waals surface area contributed by atoms with E-state index in [4.69, 9.17) is 16.7 Å². The summed E-state index contributed by atoms with van der Waals surface area (Å²) in [5, 5.41) is 8.46. The summed E-state index contributed by atoms with van der Waals surface area (Å²) in [6.45, 7) is 2.28. The number of hydrogen-bond acceptors (Lipinski definition) is 2. The summed E-state index contributed by atoms with van der Waals surface area (Å²) in [7, 11) is 0. The highest BCUT2D eigenvalue weighted by Gasteiger charge is 2.53. The summed E-state index contributed by atoms with van der Waals surface area (Å²) in [5.41, 5.74) is 3.31. The van der Waals surface area contributed by atoms with Gasteiger partial charge in [0.1, 0.15) is 0 Å². The van der Waals surface area contributed by atoms with Crippen molar-refractivity contribution in [3.05, 3.63) is 17.0 Å². The maximum atomic E-state index is 13.6. The fraction of sp³-hybridized carbons (Fsp3) is 0.846. The fourth-order valence-corrected chi connectivity index (χ4v) is 8.95. The molecular weight excluding hydrogens is 406 g/mol. The lowest BCUT2D eigenvalue weighted by Crippen LogP contribution is -2.55. The monoisotopic (exact) mass is 443 g/mol. The molecule has 0 saturated heterocycles. The summed E-state index contributed by atoms with van der Waals surface area (Å²) < 4.78 is 2.19. The van der Waals surface area contributed by atoms with Crippen molar-refractivity contribution in [3.8, 4) is 0 Å². The Hall–Kier alpha value is -1.03. The van der Waals surface area contributed by atoms with Gasteiger partial charge in [-0.3, -0.25) is 9.48 Å². The number of halogens is 1. The van der Waals surface area contributed by atoms with E-state index in [1.807, 2.05) is 0 Å². The van der Waals surface area contributed by atoms with Crippen LogP contribution in [0.1, 0.15) is 124 Å². The maximum absolute atomic E-state index is 13.6. The van der Waals surface area contributed by atoms with Gasteiger partial charge in [-0.15, -0.1) is 11.6 Å². The van der Waals surface area contributed by atoms with Gasteiger partial charge in [-0.2, -0.15) is 5.10 Å². The molecule has 0 radical (unpaired) electrons. The molecule has 1 N–H and O–H groups in total. The van der Waals surface area contributed by atoms with Gasteiger partial charge in [-0.05, 0) is 101 Å². The number of rotatable bonds is 4. The van der Waals surface area contributed by atoms with Gasteiger partial charge >= 0.3 is 0 Å². The van der Waals surface area contributed by atoms with Crippen LogP contribution >= 0.6 is 11.6 Å². The molecule has 0 spiro atoms. The molecule has 5 saturated carbocycles. The number of nitrogens with zero attached hydrogens (tertiary/aromatic N) is 2. The molecule has 2 unspecified atom stereocenters. The summed E-state index contributed by atoms with van der Waals surface area (Å²) >= 11 is 6.81. The van der Waals surface area contributed by atoms with Crippen LogP contribution in [-0.4, -0.2) is 21.7 Å². The summed E-state index contributed by atoms with van der Waals surface area (Å²) in [5.74, 6) is 2.77. The zero-order valence-corrected chi connectivity index (χ0v) is 19.8. The largest absolute Gasteiger partial charge is 0.348 e. The molecule has 1 aromatic heterocycles. The fourth-order valence-electron chi connectivity index (χ4n) is 8.57. The van der Waals surface area contributed by atoms with E-state index >= 15 is 0 Å². The van der Waals surface area contributed by atoms with E-state index in [-0.39, 0.29) is 17.3 Å². The first-order chi connectivity index (χ1) is 15.0. The maximum Gasteiger partial charge on any atom is 0.272 e. The van der Waals surface area contributed by atoms with Crippen LogP contribution < -0.4 is 5.32 Å². The lowest BCUT2D eigenvalue weighted by atomic mass is 9.48. The quantitative estimate of drug-likeness (QED) is 0.552. The number of carbonyl (C=O) groups is 1. The van der Waals surface area contributed by atoms with Gasteiger partial charge in [0.05, 0.1) is 17.1 Å². The van der Waals surface area contributed by atoms with E-state index < -0.39 is 0 Å². The predicted octanol–water partition coefficient (Wildman–Crippen LogP) is 6.34. The number of alkyl halides is 1. The third-order valence-corrected chi connectivity index (χ3v) is 10.1. The molecule has 2 atom stereocenters. The van der Waals surface area contributed by atoms with Crippen LogP contribution in [-0.2, 0) is 6.42 Å². The molecule has 31 heavy (non-hydrogen) atoms. The molecular formula is C26H38ClN3O. The van der Waals surface area contributed by atoms with Crippen molar-refractivity contribution in [2.45, 2.75) is 114 Å². The number of aromatic nitrogens is 2. The highest BCUT2D eigenvalue weighted by atomic mass is 35.5. The summed E-state index contributed by atoms with van der Waals surface area (Å²) in [6.07, 6.45) is 17.5. The smallest absolute Gasteiger partial charge is 0.272 e. The Kier molecular flexibility index (Phi) is 5.16. The van der Waals surface area contributed by atoms with E-state index in [1.54, 1.807) is 0 Å². The second-order valence-corrected chi connectivity index (χ2v) is 12.3. The van der Waals surface area contributed by atoms with Gasteiger partial charge in [0, 0.05) is 11.6 Å². The molecule has 1 heterocycles. The van der Waals surface area contributed by atoms with Crippen LogP contribution in [0.15, 0.2) is 0 Å². The van der Waals surface area contributed by atoms with Gasteiger partial charge in [-0.1, -0.05) is 19.3 Å². The van der Waals surface area contributed by atoms with Crippen molar-refractivity contribution in [2.75, 3.05) is 0 Å². The number of fused-ring (bicyclic) bond motifs is 1. The normalized spacial score (nSPS) is 38.1.